The molecule has 0 spiro atoms. The molecule has 0 amide bonds. The quantitative estimate of drug-likeness (QED) is 0.139. The molecule has 0 unspecified atom stereocenters. The molecule has 0 saturated heterocycles. The van der Waals surface area contributed by atoms with Gasteiger partial charge in [-0.05, 0) is 55.7 Å². The summed E-state index contributed by atoms with van der Waals surface area (Å²) in [5.74, 6) is -2.42. The molecule has 0 N–H and O–H groups in total. The van der Waals surface area contributed by atoms with Crippen LogP contribution in [0.3, 0.4) is 0 Å². The van der Waals surface area contributed by atoms with Gasteiger partial charge in [0, 0.05) is 6.54 Å². The molecule has 0 aliphatic heterocycles. The number of rotatable bonds is 13. The van der Waals surface area contributed by atoms with Gasteiger partial charge in [-0.3, -0.25) is 0 Å². The molecule has 1 aromatic heterocycles. The van der Waals surface area contributed by atoms with Gasteiger partial charge in [0.15, 0.2) is 34.4 Å². The number of ether oxygens (including phenoxy) is 6. The van der Waals surface area contributed by atoms with E-state index in [1.165, 1.54) is 39.5 Å². The Morgan fingerprint density at radius 1 is 0.800 bits per heavy atom. The Morgan fingerprint density at radius 2 is 1.36 bits per heavy atom. The van der Waals surface area contributed by atoms with Crippen molar-refractivity contribution < 1.29 is 63.8 Å². The Labute approximate surface area is 257 Å². The van der Waals surface area contributed by atoms with Gasteiger partial charge in [-0.1, -0.05) is 12.1 Å². The maximum atomic E-state index is 13.6. The summed E-state index contributed by atoms with van der Waals surface area (Å²) in [5.41, 5.74) is -7.14. The number of alkyl halides is 3. The first-order valence-electron chi connectivity index (χ1n) is 13.1. The summed E-state index contributed by atoms with van der Waals surface area (Å²) in [5, 5.41) is 0. The van der Waals surface area contributed by atoms with Gasteiger partial charge in [0.2, 0.25) is 0 Å². The van der Waals surface area contributed by atoms with Crippen LogP contribution in [0.4, 0.5) is 13.2 Å². The van der Waals surface area contributed by atoms with Crippen LogP contribution in [-0.2, 0) is 32.6 Å². The number of esters is 2. The van der Waals surface area contributed by atoms with E-state index < -0.39 is 56.4 Å². The summed E-state index contributed by atoms with van der Waals surface area (Å²) in [7, 11) is -0.223. The lowest BCUT2D eigenvalue weighted by Crippen LogP contribution is -2.29. The van der Waals surface area contributed by atoms with Crippen molar-refractivity contribution in [2.75, 3.05) is 35.5 Å². The number of methoxy groups -OCH3 is 5. The predicted molar refractivity (Wildman–Crippen MR) is 154 cm³/mol. The van der Waals surface area contributed by atoms with Gasteiger partial charge >= 0.3 is 27.6 Å². The third-order valence-electron chi connectivity index (χ3n) is 6.34. The van der Waals surface area contributed by atoms with Crippen molar-refractivity contribution in [3.63, 3.8) is 0 Å². The first-order chi connectivity index (χ1) is 21.1. The number of aryl methyl sites for hydroxylation is 1. The van der Waals surface area contributed by atoms with Crippen LogP contribution in [0.5, 0.6) is 28.7 Å². The van der Waals surface area contributed by atoms with E-state index >= 15 is 0 Å². The molecule has 1 heterocycles. The van der Waals surface area contributed by atoms with E-state index in [-0.39, 0.29) is 30.0 Å². The summed E-state index contributed by atoms with van der Waals surface area (Å²) in [4.78, 5) is 26.5. The van der Waals surface area contributed by atoms with Crippen molar-refractivity contribution >= 4 is 22.1 Å². The Hall–Kier alpha value is -4.60. The van der Waals surface area contributed by atoms with Crippen LogP contribution in [0.15, 0.2) is 36.4 Å². The number of carbonyl (C=O) groups excluding carboxylic acids is 2. The topological polar surface area (TPSA) is 138 Å². The highest BCUT2D eigenvalue weighted by molar-refractivity contribution is 7.88. The molecular weight excluding hydrogens is 627 g/mol. The number of hydrogen-bond acceptors (Lipinski definition) is 11. The first kappa shape index (κ1) is 34.9. The third-order valence-corrected chi connectivity index (χ3v) is 7.29. The van der Waals surface area contributed by atoms with Crippen molar-refractivity contribution in [3.8, 4) is 39.9 Å². The van der Waals surface area contributed by atoms with E-state index in [0.29, 0.717) is 17.1 Å². The van der Waals surface area contributed by atoms with Gasteiger partial charge in [0.05, 0.1) is 47.2 Å². The highest BCUT2D eigenvalue weighted by atomic mass is 32.2. The molecule has 0 fully saturated rings. The largest absolute Gasteiger partial charge is 0.534 e. The summed E-state index contributed by atoms with van der Waals surface area (Å²) in [6.45, 7) is 3.14. The average Bonchev–Trinajstić information content (AvgIpc) is 3.30. The standard InChI is InChI=1S/C29H32F3NO11S/c1-16(2)43-22-15-18(9-11-20(22)39-4)23-24(27(34)41-6)33(13-12-17-8-10-19(38-3)21(14-17)40-5)25(28(35)42-7)26(23)44-45(36,37)29(30,31)32/h8-11,14-16H,12-13H2,1-7H3. The van der Waals surface area contributed by atoms with Crippen LogP contribution in [-0.4, -0.2) is 72.1 Å². The molecule has 0 bridgehead atoms. The summed E-state index contributed by atoms with van der Waals surface area (Å²) in [6, 6.07) is 8.88. The highest BCUT2D eigenvalue weighted by Gasteiger charge is 2.50. The monoisotopic (exact) mass is 659 g/mol. The number of hydrogen-bond donors (Lipinski definition) is 0. The minimum atomic E-state index is -6.37. The van der Waals surface area contributed by atoms with Crippen LogP contribution >= 0.6 is 0 Å². The van der Waals surface area contributed by atoms with Gasteiger partial charge < -0.3 is 37.2 Å². The molecule has 0 atom stereocenters. The van der Waals surface area contributed by atoms with E-state index in [9.17, 15) is 31.2 Å². The molecule has 3 aromatic rings. The molecule has 0 aliphatic rings. The minimum absolute atomic E-state index is 0.0538. The maximum Gasteiger partial charge on any atom is 0.534 e. The van der Waals surface area contributed by atoms with Gasteiger partial charge in [-0.2, -0.15) is 21.6 Å². The van der Waals surface area contributed by atoms with Gasteiger partial charge in [0.25, 0.3) is 0 Å². The molecule has 246 valence electrons. The van der Waals surface area contributed by atoms with Crippen LogP contribution in [0, 0.1) is 0 Å². The second-order valence-corrected chi connectivity index (χ2v) is 11.0. The maximum absolute atomic E-state index is 13.6. The van der Waals surface area contributed by atoms with E-state index in [2.05, 4.69) is 4.18 Å². The minimum Gasteiger partial charge on any atom is -0.493 e. The van der Waals surface area contributed by atoms with E-state index in [0.717, 1.165) is 18.8 Å². The van der Waals surface area contributed by atoms with Gasteiger partial charge in [0.1, 0.15) is 5.69 Å². The van der Waals surface area contributed by atoms with Crippen molar-refractivity contribution in [2.24, 2.45) is 0 Å². The summed E-state index contributed by atoms with van der Waals surface area (Å²) < 4.78 is 103. The average molecular weight is 660 g/mol. The fraction of sp³-hybridized carbons (Fsp3) is 0.379. The lowest BCUT2D eigenvalue weighted by molar-refractivity contribution is -0.0500. The van der Waals surface area contributed by atoms with Crippen molar-refractivity contribution in [2.45, 2.75) is 38.4 Å². The Bertz CT molecular complexity index is 1660. The number of carbonyl (C=O) groups is 2. The number of benzene rings is 2. The zero-order chi connectivity index (χ0) is 33.7. The fourth-order valence-electron chi connectivity index (χ4n) is 4.39. The molecule has 0 radical (unpaired) electrons. The number of nitrogens with zero attached hydrogens (tertiary/aromatic N) is 1. The Balaban J connectivity index is 2.42. The molecule has 16 heteroatoms. The third kappa shape index (κ3) is 7.38. The highest BCUT2D eigenvalue weighted by Crippen LogP contribution is 2.45. The van der Waals surface area contributed by atoms with Crippen LogP contribution < -0.4 is 23.1 Å². The zero-order valence-electron chi connectivity index (χ0n) is 25.4. The van der Waals surface area contributed by atoms with Crippen LogP contribution in [0.25, 0.3) is 11.1 Å². The van der Waals surface area contributed by atoms with Gasteiger partial charge in [-0.15, -0.1) is 0 Å². The Kier molecular flexibility index (Phi) is 10.9. The molecule has 0 aliphatic carbocycles. The lowest BCUT2D eigenvalue weighted by Gasteiger charge is -2.16. The van der Waals surface area contributed by atoms with Crippen LogP contribution in [0.2, 0.25) is 0 Å². The molecule has 2 aromatic carbocycles. The van der Waals surface area contributed by atoms with Crippen molar-refractivity contribution in [1.29, 1.82) is 0 Å². The van der Waals surface area contributed by atoms with Crippen molar-refractivity contribution in [3.05, 3.63) is 53.3 Å². The second kappa shape index (κ2) is 14.0. The van der Waals surface area contributed by atoms with E-state index in [4.69, 9.17) is 28.4 Å². The van der Waals surface area contributed by atoms with Crippen LogP contribution in [0.1, 0.15) is 40.4 Å². The summed E-state index contributed by atoms with van der Waals surface area (Å²) >= 11 is 0. The summed E-state index contributed by atoms with van der Waals surface area (Å²) in [6.07, 6.45) is -0.342. The zero-order valence-corrected chi connectivity index (χ0v) is 26.3. The number of halogens is 3. The van der Waals surface area contributed by atoms with E-state index in [1.54, 1.807) is 32.0 Å². The lowest BCUT2D eigenvalue weighted by atomic mass is 10.0. The molecular formula is C29H32F3NO11S. The predicted octanol–water partition coefficient (Wildman–Crippen LogP) is 5.01. The van der Waals surface area contributed by atoms with Crippen molar-refractivity contribution in [1.82, 2.24) is 4.57 Å². The molecule has 45 heavy (non-hydrogen) atoms. The second-order valence-electron chi connectivity index (χ2n) is 9.49. The molecule has 12 nitrogen and oxygen atoms in total. The molecule has 0 saturated carbocycles. The van der Waals surface area contributed by atoms with E-state index in [1.807, 2.05) is 0 Å². The van der Waals surface area contributed by atoms with Gasteiger partial charge in [-0.25, -0.2) is 9.59 Å². The normalized spacial score (nSPS) is 11.6. The Morgan fingerprint density at radius 3 is 1.89 bits per heavy atom. The first-order valence-corrected chi connectivity index (χ1v) is 14.5. The number of aromatic nitrogens is 1. The molecule has 3 rings (SSSR count). The fourth-order valence-corrected chi connectivity index (χ4v) is 4.86. The smallest absolute Gasteiger partial charge is 0.493 e. The SMILES string of the molecule is COC(=O)c1c(OS(=O)(=O)C(F)(F)F)c(-c2ccc(OC)c(OC(C)C)c2)c(C(=O)OC)n1CCc1ccc(OC)c(OC)c1.